The van der Waals surface area contributed by atoms with E-state index in [1.54, 1.807) is 30.7 Å². The highest BCUT2D eigenvalue weighted by atomic mass is 32.2. The molecule has 8 nitrogen and oxygen atoms in total. The number of anilines is 1. The van der Waals surface area contributed by atoms with Gasteiger partial charge in [-0.2, -0.15) is 0 Å². The van der Waals surface area contributed by atoms with Crippen molar-refractivity contribution in [1.82, 2.24) is 19.7 Å². The Morgan fingerprint density at radius 2 is 1.65 bits per heavy atom. The van der Waals surface area contributed by atoms with E-state index < -0.39 is 0 Å². The average Bonchev–Trinajstić information content (AvgIpc) is 3.69. The van der Waals surface area contributed by atoms with Crippen molar-refractivity contribution in [2.75, 3.05) is 11.1 Å². The van der Waals surface area contributed by atoms with Gasteiger partial charge in [0.05, 0.1) is 12.5 Å². The number of hydrogen-bond acceptors (Lipinski definition) is 7. The summed E-state index contributed by atoms with van der Waals surface area (Å²) in [6.07, 6.45) is 3.46. The van der Waals surface area contributed by atoms with Gasteiger partial charge in [0.1, 0.15) is 5.69 Å². The number of nitrogens with zero attached hydrogens (tertiary/aromatic N) is 4. The molecule has 0 bridgehead atoms. The molecule has 0 saturated heterocycles. The van der Waals surface area contributed by atoms with Crippen LogP contribution in [0.25, 0.3) is 44.7 Å². The molecule has 0 unspecified atom stereocenters. The number of rotatable bonds is 8. The van der Waals surface area contributed by atoms with E-state index in [1.165, 1.54) is 22.7 Å². The molecule has 0 fully saturated rings. The molecule has 6 aromatic rings. The normalized spacial score (nSPS) is 11.4. The van der Waals surface area contributed by atoms with Gasteiger partial charge in [0.25, 0.3) is 0 Å². The number of aryl methyl sites for hydroxylation is 1. The molecule has 0 atom stereocenters. The Hall–Kier alpha value is -4.37. The Kier molecular flexibility index (Phi) is 6.20. The van der Waals surface area contributed by atoms with Gasteiger partial charge in [-0.05, 0) is 55.5 Å². The zero-order valence-electron chi connectivity index (χ0n) is 20.0. The first-order chi connectivity index (χ1) is 18.2. The van der Waals surface area contributed by atoms with Crippen LogP contribution in [0.4, 0.5) is 5.69 Å². The van der Waals surface area contributed by atoms with Gasteiger partial charge in [0.15, 0.2) is 17.2 Å². The van der Waals surface area contributed by atoms with Crippen molar-refractivity contribution >= 4 is 45.2 Å². The standard InChI is InChI=1S/C28H23N5O3S/c1-2-33-21-8-4-3-7-19(21)20-17-18(11-12-22(20)33)29-25(34)13-16-37-28-30-26(23-9-5-14-35-23)27(31-32-28)24-10-6-15-36-24/h3-12,14-15,17H,2,13,16H2,1H3,(H,29,34). The molecule has 4 aromatic heterocycles. The molecule has 0 aliphatic heterocycles. The van der Waals surface area contributed by atoms with Gasteiger partial charge in [-0.1, -0.05) is 30.0 Å². The molecule has 4 heterocycles. The fourth-order valence-corrected chi connectivity index (χ4v) is 5.19. The molecule has 0 radical (unpaired) electrons. The van der Waals surface area contributed by atoms with E-state index >= 15 is 0 Å². The summed E-state index contributed by atoms with van der Waals surface area (Å²) in [5.74, 6) is 1.56. The first-order valence-electron chi connectivity index (χ1n) is 12.0. The number of carbonyl (C=O) groups is 1. The van der Waals surface area contributed by atoms with E-state index in [2.05, 4.69) is 56.3 Å². The van der Waals surface area contributed by atoms with Crippen LogP contribution in [0.1, 0.15) is 13.3 Å². The third-order valence-electron chi connectivity index (χ3n) is 6.11. The predicted molar refractivity (Wildman–Crippen MR) is 144 cm³/mol. The maximum absolute atomic E-state index is 12.7. The van der Waals surface area contributed by atoms with E-state index in [-0.39, 0.29) is 5.91 Å². The van der Waals surface area contributed by atoms with Gasteiger partial charge in [-0.25, -0.2) is 4.98 Å². The molecule has 184 valence electrons. The van der Waals surface area contributed by atoms with Crippen LogP contribution >= 0.6 is 11.8 Å². The van der Waals surface area contributed by atoms with Crippen molar-refractivity contribution in [3.05, 3.63) is 79.3 Å². The summed E-state index contributed by atoms with van der Waals surface area (Å²) in [6, 6.07) is 21.6. The minimum absolute atomic E-state index is 0.0718. The number of para-hydroxylation sites is 1. The number of aromatic nitrogens is 4. The summed E-state index contributed by atoms with van der Waals surface area (Å²) in [5.41, 5.74) is 4.18. The van der Waals surface area contributed by atoms with Gasteiger partial charge < -0.3 is 18.7 Å². The highest BCUT2D eigenvalue weighted by Gasteiger charge is 2.18. The summed E-state index contributed by atoms with van der Waals surface area (Å²) < 4.78 is 13.3. The predicted octanol–water partition coefficient (Wildman–Crippen LogP) is 6.64. The molecular formula is C28H23N5O3S. The molecule has 0 saturated carbocycles. The van der Waals surface area contributed by atoms with Gasteiger partial charge in [0.2, 0.25) is 11.1 Å². The van der Waals surface area contributed by atoms with Crippen LogP contribution in [0, 0.1) is 0 Å². The number of thioether (sulfide) groups is 1. The smallest absolute Gasteiger partial charge is 0.225 e. The Morgan fingerprint density at radius 3 is 2.41 bits per heavy atom. The van der Waals surface area contributed by atoms with Gasteiger partial charge >= 0.3 is 0 Å². The number of benzene rings is 2. The summed E-state index contributed by atoms with van der Waals surface area (Å²) in [7, 11) is 0. The monoisotopic (exact) mass is 509 g/mol. The molecule has 0 aliphatic rings. The molecule has 0 aliphatic carbocycles. The third-order valence-corrected chi connectivity index (χ3v) is 6.95. The molecule has 6 rings (SSSR count). The topological polar surface area (TPSA) is 99.0 Å². The van der Waals surface area contributed by atoms with E-state index in [0.717, 1.165) is 23.1 Å². The summed E-state index contributed by atoms with van der Waals surface area (Å²) >= 11 is 1.37. The molecule has 37 heavy (non-hydrogen) atoms. The summed E-state index contributed by atoms with van der Waals surface area (Å²) in [4.78, 5) is 17.3. The third kappa shape index (κ3) is 4.49. The van der Waals surface area contributed by atoms with Crippen LogP contribution < -0.4 is 5.32 Å². The Morgan fingerprint density at radius 1 is 0.892 bits per heavy atom. The lowest BCUT2D eigenvalue weighted by atomic mass is 10.1. The average molecular weight is 510 g/mol. The number of hydrogen-bond donors (Lipinski definition) is 1. The van der Waals surface area contributed by atoms with Crippen molar-refractivity contribution < 1.29 is 13.6 Å². The lowest BCUT2D eigenvalue weighted by Gasteiger charge is -2.07. The van der Waals surface area contributed by atoms with E-state index in [1.807, 2.05) is 24.3 Å². The van der Waals surface area contributed by atoms with Crippen molar-refractivity contribution in [2.45, 2.75) is 25.0 Å². The van der Waals surface area contributed by atoms with Crippen molar-refractivity contribution in [3.63, 3.8) is 0 Å². The maximum Gasteiger partial charge on any atom is 0.225 e. The zero-order chi connectivity index (χ0) is 25.2. The number of amides is 1. The number of furan rings is 2. The van der Waals surface area contributed by atoms with Crippen LogP contribution in [0.5, 0.6) is 0 Å². The highest BCUT2D eigenvalue weighted by molar-refractivity contribution is 7.99. The minimum atomic E-state index is -0.0718. The largest absolute Gasteiger partial charge is 0.463 e. The first-order valence-corrected chi connectivity index (χ1v) is 13.0. The summed E-state index contributed by atoms with van der Waals surface area (Å²) in [6.45, 7) is 3.02. The van der Waals surface area contributed by atoms with E-state index in [0.29, 0.717) is 40.2 Å². The van der Waals surface area contributed by atoms with Crippen molar-refractivity contribution in [2.24, 2.45) is 0 Å². The van der Waals surface area contributed by atoms with Crippen LogP contribution in [0.3, 0.4) is 0 Å². The van der Waals surface area contributed by atoms with E-state index in [4.69, 9.17) is 8.83 Å². The summed E-state index contributed by atoms with van der Waals surface area (Å²) in [5, 5.41) is 14.3. The molecular weight excluding hydrogens is 486 g/mol. The van der Waals surface area contributed by atoms with Crippen LogP contribution in [0.15, 0.2) is 93.2 Å². The molecule has 1 N–H and O–H groups in total. The van der Waals surface area contributed by atoms with Crippen molar-refractivity contribution in [3.8, 4) is 22.9 Å². The van der Waals surface area contributed by atoms with Gasteiger partial charge in [-0.15, -0.1) is 10.2 Å². The fourth-order valence-electron chi connectivity index (χ4n) is 4.47. The van der Waals surface area contributed by atoms with Crippen LogP contribution in [-0.2, 0) is 11.3 Å². The Bertz CT molecular complexity index is 1690. The van der Waals surface area contributed by atoms with E-state index in [9.17, 15) is 4.79 Å². The fraction of sp³-hybridized carbons (Fsp3) is 0.143. The number of fused-ring (bicyclic) bond motifs is 3. The minimum Gasteiger partial charge on any atom is -0.463 e. The lowest BCUT2D eigenvalue weighted by Crippen LogP contribution is -2.12. The van der Waals surface area contributed by atoms with Gasteiger partial charge in [-0.3, -0.25) is 4.79 Å². The molecule has 1 amide bonds. The quantitative estimate of drug-likeness (QED) is 0.230. The zero-order valence-corrected chi connectivity index (χ0v) is 20.9. The first kappa shape index (κ1) is 23.1. The van der Waals surface area contributed by atoms with Crippen LogP contribution in [0.2, 0.25) is 0 Å². The lowest BCUT2D eigenvalue weighted by molar-refractivity contribution is -0.115. The molecule has 9 heteroatoms. The molecule has 2 aromatic carbocycles. The number of nitrogens with one attached hydrogen (secondary N) is 1. The van der Waals surface area contributed by atoms with Crippen LogP contribution in [-0.4, -0.2) is 31.4 Å². The second-order valence-electron chi connectivity index (χ2n) is 8.39. The number of carbonyl (C=O) groups excluding carboxylic acids is 1. The SMILES string of the molecule is CCn1c2ccccc2c2cc(NC(=O)CCSc3nnc(-c4ccco4)c(-c4ccco4)n3)ccc21. The maximum atomic E-state index is 12.7. The Labute approximate surface area is 216 Å². The van der Waals surface area contributed by atoms with Crippen molar-refractivity contribution in [1.29, 1.82) is 0 Å². The second-order valence-corrected chi connectivity index (χ2v) is 9.45. The molecule has 0 spiro atoms. The second kappa shape index (κ2) is 9.94. The Balaban J connectivity index is 1.15. The highest BCUT2D eigenvalue weighted by Crippen LogP contribution is 2.32. The van der Waals surface area contributed by atoms with Gasteiger partial charge in [0, 0.05) is 46.2 Å².